The number of hydrogen-bond acceptors (Lipinski definition) is 3. The molecule has 0 aliphatic heterocycles. The van der Waals surface area contributed by atoms with Gasteiger partial charge in [0.25, 0.3) is 0 Å². The van der Waals surface area contributed by atoms with Crippen LogP contribution in [0.3, 0.4) is 0 Å². The lowest BCUT2D eigenvalue weighted by molar-refractivity contribution is 0.304. The van der Waals surface area contributed by atoms with E-state index in [0.29, 0.717) is 0 Å². The van der Waals surface area contributed by atoms with Crippen LogP contribution in [0.25, 0.3) is 19.8 Å². The minimum Gasteiger partial charge on any atom is -0.494 e. The Bertz CT molecular complexity index is 812. The lowest BCUT2D eigenvalue weighted by Crippen LogP contribution is -1.97. The summed E-state index contributed by atoms with van der Waals surface area (Å²) in [5.74, 6) is 0.998. The van der Waals surface area contributed by atoms with Crippen molar-refractivity contribution < 1.29 is 4.74 Å². The van der Waals surface area contributed by atoms with Gasteiger partial charge in [0.15, 0.2) is 0 Å². The second-order valence-electron chi connectivity index (χ2n) is 8.36. The van der Waals surface area contributed by atoms with Gasteiger partial charge in [-0.2, -0.15) is 0 Å². The van der Waals surface area contributed by atoms with Gasteiger partial charge in [-0.05, 0) is 54.8 Å². The van der Waals surface area contributed by atoms with Gasteiger partial charge < -0.3 is 4.74 Å². The fourth-order valence-corrected chi connectivity index (χ4v) is 6.42. The fraction of sp³-hybridized carbons (Fsp3) is 0.556. The lowest BCUT2D eigenvalue weighted by Gasteiger charge is -2.07. The normalized spacial score (nSPS) is 11.4. The first-order valence-corrected chi connectivity index (χ1v) is 13.7. The van der Waals surface area contributed by atoms with E-state index in [2.05, 4.69) is 50.2 Å². The van der Waals surface area contributed by atoms with Gasteiger partial charge in [-0.3, -0.25) is 0 Å². The Morgan fingerprint density at radius 3 is 1.93 bits per heavy atom. The van der Waals surface area contributed by atoms with Crippen molar-refractivity contribution in [2.75, 3.05) is 6.61 Å². The predicted molar refractivity (Wildman–Crippen MR) is 136 cm³/mol. The highest BCUT2D eigenvalue weighted by molar-refractivity contribution is 7.29. The first kappa shape index (κ1) is 23.3. The fourth-order valence-electron chi connectivity index (χ4n) is 3.89. The molecule has 0 unspecified atom stereocenters. The van der Waals surface area contributed by atoms with Gasteiger partial charge in [0.2, 0.25) is 0 Å². The molecular formula is C27H38OS2. The topological polar surface area (TPSA) is 9.23 Å². The zero-order chi connectivity index (χ0) is 21.0. The van der Waals surface area contributed by atoms with Crippen molar-refractivity contribution in [1.82, 2.24) is 0 Å². The molecule has 0 bridgehead atoms. The number of aryl methyl sites for hydroxylation is 1. The van der Waals surface area contributed by atoms with Crippen molar-refractivity contribution in [3.63, 3.8) is 0 Å². The Kier molecular flexibility index (Phi) is 10.2. The summed E-state index contributed by atoms with van der Waals surface area (Å²) in [4.78, 5) is 2.88. The Balaban J connectivity index is 1.32. The van der Waals surface area contributed by atoms with Crippen molar-refractivity contribution in [3.8, 4) is 16.2 Å². The SMILES string of the molecule is CCCCCCCCCCCCOc1ccc(-c2cc3sc(CCC)cc3s2)cc1. The van der Waals surface area contributed by atoms with E-state index in [9.17, 15) is 0 Å². The van der Waals surface area contributed by atoms with Crippen LogP contribution in [0.2, 0.25) is 0 Å². The van der Waals surface area contributed by atoms with E-state index in [4.69, 9.17) is 4.74 Å². The van der Waals surface area contributed by atoms with Crippen LogP contribution in [-0.4, -0.2) is 6.61 Å². The van der Waals surface area contributed by atoms with Gasteiger partial charge >= 0.3 is 0 Å². The van der Waals surface area contributed by atoms with Crippen molar-refractivity contribution in [2.24, 2.45) is 0 Å². The van der Waals surface area contributed by atoms with Crippen LogP contribution in [0, 0.1) is 0 Å². The van der Waals surface area contributed by atoms with Crippen LogP contribution in [0.1, 0.15) is 89.4 Å². The van der Waals surface area contributed by atoms with Gasteiger partial charge in [-0.15, -0.1) is 22.7 Å². The summed E-state index contributed by atoms with van der Waals surface area (Å²) >= 11 is 3.86. The minimum absolute atomic E-state index is 0.838. The molecule has 0 amide bonds. The lowest BCUT2D eigenvalue weighted by atomic mass is 10.1. The first-order chi connectivity index (χ1) is 14.8. The van der Waals surface area contributed by atoms with E-state index >= 15 is 0 Å². The molecule has 30 heavy (non-hydrogen) atoms. The molecule has 0 saturated heterocycles. The van der Waals surface area contributed by atoms with Crippen molar-refractivity contribution >= 4 is 32.1 Å². The zero-order valence-electron chi connectivity index (χ0n) is 18.9. The molecule has 0 aliphatic carbocycles. The van der Waals surface area contributed by atoms with Crippen molar-refractivity contribution in [2.45, 2.75) is 90.9 Å². The van der Waals surface area contributed by atoms with Gasteiger partial charge in [0, 0.05) is 19.2 Å². The number of unbranched alkanes of at least 4 members (excludes halogenated alkanes) is 9. The number of fused-ring (bicyclic) bond motifs is 1. The maximum Gasteiger partial charge on any atom is 0.119 e. The van der Waals surface area contributed by atoms with E-state index in [1.54, 1.807) is 0 Å². The van der Waals surface area contributed by atoms with E-state index in [-0.39, 0.29) is 0 Å². The molecule has 1 aromatic carbocycles. The van der Waals surface area contributed by atoms with Gasteiger partial charge in [0.1, 0.15) is 5.75 Å². The molecule has 0 fully saturated rings. The van der Waals surface area contributed by atoms with Crippen LogP contribution in [0.15, 0.2) is 36.4 Å². The molecule has 2 aromatic heterocycles. The summed E-state index contributed by atoms with van der Waals surface area (Å²) < 4.78 is 8.82. The third-order valence-corrected chi connectivity index (χ3v) is 8.06. The Morgan fingerprint density at radius 2 is 1.30 bits per heavy atom. The number of thiophene rings is 2. The standard InChI is InChI=1S/C27H38OS2/c1-3-5-6-7-8-9-10-11-12-13-19-28-23-17-15-22(16-18-23)25-21-27-26(30-25)20-24(29-27)14-4-2/h15-18,20-21H,3-14,19H2,1-2H3. The van der Waals surface area contributed by atoms with E-state index in [1.807, 2.05) is 22.7 Å². The molecule has 3 heteroatoms. The molecule has 0 radical (unpaired) electrons. The Hall–Kier alpha value is -1.32. The molecular weight excluding hydrogens is 404 g/mol. The molecule has 0 spiro atoms. The first-order valence-electron chi connectivity index (χ1n) is 12.1. The number of benzene rings is 1. The summed E-state index contributed by atoms with van der Waals surface area (Å²) in [6.45, 7) is 5.37. The third kappa shape index (κ3) is 7.42. The van der Waals surface area contributed by atoms with E-state index in [1.165, 1.54) is 102 Å². The van der Waals surface area contributed by atoms with Crippen LogP contribution < -0.4 is 4.74 Å². The summed E-state index contributed by atoms with van der Waals surface area (Å²) in [6, 6.07) is 13.4. The molecule has 3 rings (SSSR count). The molecule has 2 heterocycles. The molecule has 0 atom stereocenters. The summed E-state index contributed by atoms with van der Waals surface area (Å²) in [7, 11) is 0. The van der Waals surface area contributed by atoms with Gasteiger partial charge in [-0.1, -0.05) is 78.1 Å². The van der Waals surface area contributed by atoms with E-state index < -0.39 is 0 Å². The molecule has 0 N–H and O–H groups in total. The third-order valence-electron chi connectivity index (χ3n) is 5.66. The largest absolute Gasteiger partial charge is 0.494 e. The average molecular weight is 443 g/mol. The van der Waals surface area contributed by atoms with Gasteiger partial charge in [-0.25, -0.2) is 0 Å². The summed E-state index contributed by atoms with van der Waals surface area (Å²) in [5.41, 5.74) is 1.30. The maximum atomic E-state index is 5.96. The number of rotatable bonds is 15. The van der Waals surface area contributed by atoms with Crippen LogP contribution >= 0.6 is 22.7 Å². The smallest absolute Gasteiger partial charge is 0.119 e. The Morgan fingerprint density at radius 1 is 0.667 bits per heavy atom. The monoisotopic (exact) mass is 442 g/mol. The molecule has 1 nitrogen and oxygen atoms in total. The van der Waals surface area contributed by atoms with Crippen molar-refractivity contribution in [1.29, 1.82) is 0 Å². The van der Waals surface area contributed by atoms with Crippen molar-refractivity contribution in [3.05, 3.63) is 41.3 Å². The number of ether oxygens (including phenoxy) is 1. The average Bonchev–Trinajstić information content (AvgIpc) is 3.31. The van der Waals surface area contributed by atoms with Crippen LogP contribution in [0.4, 0.5) is 0 Å². The predicted octanol–water partition coefficient (Wildman–Crippen LogP) is 9.88. The maximum absolute atomic E-state index is 5.96. The highest BCUT2D eigenvalue weighted by atomic mass is 32.1. The zero-order valence-corrected chi connectivity index (χ0v) is 20.5. The molecule has 164 valence electrons. The van der Waals surface area contributed by atoms with E-state index in [0.717, 1.165) is 12.4 Å². The quantitative estimate of drug-likeness (QED) is 0.213. The second-order valence-corrected chi connectivity index (χ2v) is 10.6. The van der Waals surface area contributed by atoms with Gasteiger partial charge in [0.05, 0.1) is 6.61 Å². The van der Waals surface area contributed by atoms with Crippen LogP contribution in [-0.2, 0) is 6.42 Å². The highest BCUT2D eigenvalue weighted by Crippen LogP contribution is 2.39. The Labute approximate surface area is 191 Å². The highest BCUT2D eigenvalue weighted by Gasteiger charge is 2.08. The van der Waals surface area contributed by atoms with Crippen LogP contribution in [0.5, 0.6) is 5.75 Å². The second kappa shape index (κ2) is 13.2. The molecule has 3 aromatic rings. The molecule has 0 saturated carbocycles. The molecule has 0 aliphatic rings. The number of hydrogen-bond donors (Lipinski definition) is 0. The minimum atomic E-state index is 0.838. The summed E-state index contributed by atoms with van der Waals surface area (Å²) in [6.07, 6.45) is 16.1. The summed E-state index contributed by atoms with van der Waals surface area (Å²) in [5, 5.41) is 0.